The lowest BCUT2D eigenvalue weighted by molar-refractivity contribution is -0.128. The number of rotatable bonds is 5. The number of benzene rings is 2. The zero-order chi connectivity index (χ0) is 18.1. The van der Waals surface area contributed by atoms with Gasteiger partial charge >= 0.3 is 6.09 Å². The molecule has 0 aromatic heterocycles. The van der Waals surface area contributed by atoms with E-state index in [-0.39, 0.29) is 18.5 Å². The first-order valence-electron chi connectivity index (χ1n) is 8.70. The van der Waals surface area contributed by atoms with Crippen molar-refractivity contribution in [2.45, 2.75) is 30.9 Å². The molecule has 2 fully saturated rings. The van der Waals surface area contributed by atoms with Gasteiger partial charge in [0.25, 0.3) is 5.91 Å². The number of carbonyl (C=O) groups excluding carboxylic acids is 2. The van der Waals surface area contributed by atoms with Gasteiger partial charge < -0.3 is 15.4 Å². The van der Waals surface area contributed by atoms with Gasteiger partial charge in [0.05, 0.1) is 12.6 Å². The highest BCUT2D eigenvalue weighted by atomic mass is 35.5. The quantitative estimate of drug-likeness (QED) is 0.846. The summed E-state index contributed by atoms with van der Waals surface area (Å²) in [6.07, 6.45) is 1.05. The predicted octanol–water partition coefficient (Wildman–Crippen LogP) is 3.53. The number of hydrogen-bond donors (Lipinski definition) is 2. The van der Waals surface area contributed by atoms with Gasteiger partial charge in [-0.25, -0.2) is 4.79 Å². The van der Waals surface area contributed by atoms with Crippen LogP contribution in [0, 0.1) is 0 Å². The molecule has 2 aromatic rings. The highest BCUT2D eigenvalue weighted by molar-refractivity contribution is 6.30. The molecule has 4 rings (SSSR count). The maximum Gasteiger partial charge on any atom is 0.408 e. The van der Waals surface area contributed by atoms with Crippen molar-refractivity contribution in [1.29, 1.82) is 0 Å². The summed E-state index contributed by atoms with van der Waals surface area (Å²) in [6, 6.07) is 15.4. The molecular weight excluding hydrogens is 352 g/mol. The summed E-state index contributed by atoms with van der Waals surface area (Å²) >= 11 is 6.01. The highest BCUT2D eigenvalue weighted by Gasteiger charge is 2.32. The second-order valence-corrected chi connectivity index (χ2v) is 7.15. The first-order valence-corrected chi connectivity index (χ1v) is 9.08. The van der Waals surface area contributed by atoms with Crippen LogP contribution in [0.5, 0.6) is 0 Å². The minimum Gasteiger partial charge on any atom is -0.434 e. The molecule has 2 N–H and O–H groups in total. The van der Waals surface area contributed by atoms with Crippen molar-refractivity contribution in [2.24, 2.45) is 0 Å². The van der Waals surface area contributed by atoms with Gasteiger partial charge in [0.15, 0.2) is 6.10 Å². The molecule has 1 aliphatic heterocycles. The normalized spacial score (nSPS) is 20.2. The lowest BCUT2D eigenvalue weighted by Crippen LogP contribution is -2.39. The van der Waals surface area contributed by atoms with Crippen LogP contribution in [0.1, 0.15) is 41.5 Å². The van der Waals surface area contributed by atoms with Gasteiger partial charge in [-0.2, -0.15) is 0 Å². The first kappa shape index (κ1) is 16.9. The molecule has 0 radical (unpaired) electrons. The van der Waals surface area contributed by atoms with Crippen LogP contribution in [0.4, 0.5) is 4.79 Å². The summed E-state index contributed by atoms with van der Waals surface area (Å²) in [5.74, 6) is 0.302. The molecule has 2 aliphatic rings. The summed E-state index contributed by atoms with van der Waals surface area (Å²) in [7, 11) is 0. The fraction of sp³-hybridized carbons (Fsp3) is 0.300. The van der Waals surface area contributed by atoms with Crippen molar-refractivity contribution in [3.8, 4) is 0 Å². The van der Waals surface area contributed by atoms with E-state index in [0.29, 0.717) is 10.9 Å². The van der Waals surface area contributed by atoms with Crippen LogP contribution in [0.2, 0.25) is 5.02 Å². The van der Waals surface area contributed by atoms with Crippen LogP contribution in [-0.2, 0) is 9.53 Å². The van der Waals surface area contributed by atoms with Crippen LogP contribution < -0.4 is 10.6 Å². The minimum atomic E-state index is -0.816. The van der Waals surface area contributed by atoms with E-state index in [0.717, 1.165) is 11.1 Å². The summed E-state index contributed by atoms with van der Waals surface area (Å²) in [5, 5.41) is 6.16. The van der Waals surface area contributed by atoms with Crippen molar-refractivity contribution >= 4 is 23.6 Å². The SMILES string of the molecule is O=C1NCC(C(=O)NC(c2ccc(Cl)cc2)c2cccc(C3CC3)c2)O1. The van der Waals surface area contributed by atoms with E-state index < -0.39 is 12.2 Å². The standard InChI is InChI=1S/C20H19ClN2O3/c21-16-8-6-13(7-9-16)18(23-19(24)17-11-22-20(25)26-17)15-3-1-2-14(10-15)12-4-5-12/h1-3,6-10,12,17-18H,4-5,11H2,(H,22,25)(H,23,24). The first-order chi connectivity index (χ1) is 12.6. The maximum absolute atomic E-state index is 12.6. The molecule has 2 unspecified atom stereocenters. The Morgan fingerprint density at radius 3 is 2.58 bits per heavy atom. The van der Waals surface area contributed by atoms with Gasteiger partial charge in [-0.3, -0.25) is 4.79 Å². The highest BCUT2D eigenvalue weighted by Crippen LogP contribution is 2.41. The van der Waals surface area contributed by atoms with E-state index in [1.807, 2.05) is 24.3 Å². The number of amides is 2. The molecule has 5 nitrogen and oxygen atoms in total. The van der Waals surface area contributed by atoms with Gasteiger partial charge in [0, 0.05) is 5.02 Å². The van der Waals surface area contributed by atoms with E-state index in [4.69, 9.17) is 16.3 Å². The van der Waals surface area contributed by atoms with Gasteiger partial charge in [0.2, 0.25) is 0 Å². The van der Waals surface area contributed by atoms with Crippen molar-refractivity contribution in [1.82, 2.24) is 10.6 Å². The second-order valence-electron chi connectivity index (χ2n) is 6.71. The summed E-state index contributed by atoms with van der Waals surface area (Å²) in [6.45, 7) is 0.181. The van der Waals surface area contributed by atoms with Crippen LogP contribution in [0.3, 0.4) is 0 Å². The summed E-state index contributed by atoms with van der Waals surface area (Å²) < 4.78 is 5.00. The lowest BCUT2D eigenvalue weighted by Gasteiger charge is -2.22. The number of carbonyl (C=O) groups is 2. The van der Waals surface area contributed by atoms with Gasteiger partial charge in [0.1, 0.15) is 0 Å². The van der Waals surface area contributed by atoms with E-state index in [1.54, 1.807) is 12.1 Å². The Morgan fingerprint density at radius 1 is 1.15 bits per heavy atom. The third-order valence-electron chi connectivity index (χ3n) is 4.76. The third kappa shape index (κ3) is 3.68. The van der Waals surface area contributed by atoms with E-state index in [1.165, 1.54) is 18.4 Å². The number of nitrogens with one attached hydrogen (secondary N) is 2. The Labute approximate surface area is 156 Å². The number of cyclic esters (lactones) is 1. The van der Waals surface area contributed by atoms with Crippen molar-refractivity contribution in [2.75, 3.05) is 6.54 Å². The van der Waals surface area contributed by atoms with E-state index in [9.17, 15) is 9.59 Å². The molecule has 26 heavy (non-hydrogen) atoms. The maximum atomic E-state index is 12.6. The molecule has 0 bridgehead atoms. The Kier molecular flexibility index (Phi) is 4.55. The second kappa shape index (κ2) is 7.00. The molecule has 1 aliphatic carbocycles. The molecular formula is C20H19ClN2O3. The lowest BCUT2D eigenvalue weighted by atomic mass is 9.95. The molecule has 2 aromatic carbocycles. The number of ether oxygens (including phenoxy) is 1. The van der Waals surface area contributed by atoms with E-state index >= 15 is 0 Å². The van der Waals surface area contributed by atoms with Crippen molar-refractivity contribution in [3.63, 3.8) is 0 Å². The number of halogens is 1. The predicted molar refractivity (Wildman–Crippen MR) is 98.1 cm³/mol. The Morgan fingerprint density at radius 2 is 1.92 bits per heavy atom. The number of alkyl carbamates (subject to hydrolysis) is 1. The zero-order valence-electron chi connectivity index (χ0n) is 14.1. The Balaban J connectivity index is 1.63. The fourth-order valence-corrected chi connectivity index (χ4v) is 3.32. The topological polar surface area (TPSA) is 67.4 Å². The average molecular weight is 371 g/mol. The molecule has 0 spiro atoms. The Bertz CT molecular complexity index is 833. The molecule has 2 amide bonds. The number of hydrogen-bond acceptors (Lipinski definition) is 3. The largest absolute Gasteiger partial charge is 0.434 e. The molecule has 2 atom stereocenters. The van der Waals surface area contributed by atoms with Gasteiger partial charge in [-0.15, -0.1) is 0 Å². The molecule has 134 valence electrons. The molecule has 1 heterocycles. The zero-order valence-corrected chi connectivity index (χ0v) is 14.8. The van der Waals surface area contributed by atoms with Crippen LogP contribution >= 0.6 is 11.6 Å². The monoisotopic (exact) mass is 370 g/mol. The van der Waals surface area contributed by atoms with E-state index in [2.05, 4.69) is 22.8 Å². The fourth-order valence-electron chi connectivity index (χ4n) is 3.19. The van der Waals surface area contributed by atoms with Gasteiger partial charge in [-0.1, -0.05) is 48.0 Å². The minimum absolute atomic E-state index is 0.181. The summed E-state index contributed by atoms with van der Waals surface area (Å²) in [5.41, 5.74) is 3.22. The molecule has 1 saturated heterocycles. The smallest absolute Gasteiger partial charge is 0.408 e. The van der Waals surface area contributed by atoms with Crippen molar-refractivity contribution in [3.05, 3.63) is 70.2 Å². The molecule has 1 saturated carbocycles. The van der Waals surface area contributed by atoms with Crippen LogP contribution in [-0.4, -0.2) is 24.6 Å². The third-order valence-corrected chi connectivity index (χ3v) is 5.01. The van der Waals surface area contributed by atoms with Crippen molar-refractivity contribution < 1.29 is 14.3 Å². The van der Waals surface area contributed by atoms with Crippen LogP contribution in [0.25, 0.3) is 0 Å². The Hall–Kier alpha value is -2.53. The molecule has 6 heteroatoms. The van der Waals surface area contributed by atoms with Gasteiger partial charge in [-0.05, 0) is 47.6 Å². The average Bonchev–Trinajstić information content (AvgIpc) is 3.41. The van der Waals surface area contributed by atoms with Crippen LogP contribution in [0.15, 0.2) is 48.5 Å². The summed E-state index contributed by atoms with van der Waals surface area (Å²) in [4.78, 5) is 23.8.